The van der Waals surface area contributed by atoms with Crippen LogP contribution in [0.1, 0.15) is 25.3 Å². The van der Waals surface area contributed by atoms with Crippen LogP contribution in [-0.4, -0.2) is 29.8 Å². The second-order valence-electron chi connectivity index (χ2n) is 4.48. The Balaban J connectivity index is 1.96. The van der Waals surface area contributed by atoms with Crippen molar-refractivity contribution in [2.75, 3.05) is 18.4 Å². The molecule has 0 atom stereocenters. The predicted octanol–water partition coefficient (Wildman–Crippen LogP) is 1.81. The lowest BCUT2D eigenvalue weighted by Gasteiger charge is -2.16. The van der Waals surface area contributed by atoms with E-state index in [-0.39, 0.29) is 18.4 Å². The summed E-state index contributed by atoms with van der Waals surface area (Å²) in [5.41, 5.74) is 1.95. The summed E-state index contributed by atoms with van der Waals surface area (Å²) in [6, 6.07) is 7.74. The fourth-order valence-corrected chi connectivity index (χ4v) is 2.18. The summed E-state index contributed by atoms with van der Waals surface area (Å²) in [5, 5.41) is 2.88. The van der Waals surface area contributed by atoms with Crippen LogP contribution in [0.3, 0.4) is 0 Å². The van der Waals surface area contributed by atoms with E-state index in [1.54, 1.807) is 4.90 Å². The predicted molar refractivity (Wildman–Crippen MR) is 70.3 cm³/mol. The number of para-hydroxylation sites is 1. The average molecular weight is 246 g/mol. The van der Waals surface area contributed by atoms with E-state index in [0.717, 1.165) is 24.1 Å². The van der Waals surface area contributed by atoms with Gasteiger partial charge in [0.15, 0.2) is 0 Å². The molecule has 0 radical (unpaired) electrons. The zero-order valence-electron chi connectivity index (χ0n) is 10.6. The van der Waals surface area contributed by atoms with E-state index in [1.807, 2.05) is 24.3 Å². The van der Waals surface area contributed by atoms with E-state index < -0.39 is 0 Å². The van der Waals surface area contributed by atoms with Crippen molar-refractivity contribution in [1.29, 1.82) is 0 Å². The Morgan fingerprint density at radius 3 is 2.83 bits per heavy atom. The summed E-state index contributed by atoms with van der Waals surface area (Å²) in [6.45, 7) is 2.91. The van der Waals surface area contributed by atoms with Crippen molar-refractivity contribution >= 4 is 17.5 Å². The molecule has 0 aromatic heterocycles. The molecular weight excluding hydrogens is 228 g/mol. The van der Waals surface area contributed by atoms with Gasteiger partial charge in [0.05, 0.1) is 6.54 Å². The van der Waals surface area contributed by atoms with Gasteiger partial charge in [0.1, 0.15) is 0 Å². The fraction of sp³-hybridized carbons (Fsp3) is 0.429. The standard InChI is InChI=1S/C14H18N2O2/c1-2-11-6-3-4-7-12(11)15-13(17)10-16-9-5-8-14(16)18/h3-4,6-7H,2,5,8-10H2,1H3,(H,15,17). The minimum Gasteiger partial charge on any atom is -0.333 e. The zero-order chi connectivity index (χ0) is 13.0. The molecule has 1 aromatic carbocycles. The normalized spacial score (nSPS) is 14.9. The molecule has 0 saturated carbocycles. The van der Waals surface area contributed by atoms with Gasteiger partial charge in [-0.2, -0.15) is 0 Å². The highest BCUT2D eigenvalue weighted by Gasteiger charge is 2.22. The molecule has 2 amide bonds. The molecule has 4 nitrogen and oxygen atoms in total. The number of carbonyl (C=O) groups is 2. The summed E-state index contributed by atoms with van der Waals surface area (Å²) in [6.07, 6.45) is 2.30. The number of rotatable bonds is 4. The van der Waals surface area contributed by atoms with Crippen molar-refractivity contribution in [1.82, 2.24) is 4.90 Å². The zero-order valence-corrected chi connectivity index (χ0v) is 10.6. The van der Waals surface area contributed by atoms with Crippen molar-refractivity contribution in [3.8, 4) is 0 Å². The number of carbonyl (C=O) groups excluding carboxylic acids is 2. The summed E-state index contributed by atoms with van der Waals surface area (Å²) in [7, 11) is 0. The summed E-state index contributed by atoms with van der Waals surface area (Å²) in [4.78, 5) is 24.9. The van der Waals surface area contributed by atoms with Crippen LogP contribution in [0.15, 0.2) is 24.3 Å². The lowest BCUT2D eigenvalue weighted by atomic mass is 10.1. The second kappa shape index (κ2) is 5.67. The minimum atomic E-state index is -0.119. The molecule has 1 N–H and O–H groups in total. The van der Waals surface area contributed by atoms with Gasteiger partial charge in [-0.1, -0.05) is 25.1 Å². The van der Waals surface area contributed by atoms with E-state index in [1.165, 1.54) is 0 Å². The van der Waals surface area contributed by atoms with Gasteiger partial charge in [0.25, 0.3) is 0 Å². The van der Waals surface area contributed by atoms with Crippen LogP contribution in [0.5, 0.6) is 0 Å². The Labute approximate surface area is 107 Å². The maximum Gasteiger partial charge on any atom is 0.244 e. The van der Waals surface area contributed by atoms with Gasteiger partial charge in [-0.05, 0) is 24.5 Å². The maximum atomic E-state index is 11.9. The van der Waals surface area contributed by atoms with Gasteiger partial charge < -0.3 is 10.2 Å². The third-order valence-electron chi connectivity index (χ3n) is 3.18. The van der Waals surface area contributed by atoms with Gasteiger partial charge >= 0.3 is 0 Å². The second-order valence-corrected chi connectivity index (χ2v) is 4.48. The van der Waals surface area contributed by atoms with Gasteiger partial charge in [-0.3, -0.25) is 9.59 Å². The molecule has 4 heteroatoms. The fourth-order valence-electron chi connectivity index (χ4n) is 2.18. The number of aryl methyl sites for hydroxylation is 1. The molecule has 0 aliphatic carbocycles. The largest absolute Gasteiger partial charge is 0.333 e. The maximum absolute atomic E-state index is 11.9. The molecule has 1 saturated heterocycles. The third-order valence-corrected chi connectivity index (χ3v) is 3.18. The highest BCUT2D eigenvalue weighted by Crippen LogP contribution is 2.16. The van der Waals surface area contributed by atoms with Gasteiger partial charge in [0, 0.05) is 18.7 Å². The SMILES string of the molecule is CCc1ccccc1NC(=O)CN1CCCC1=O. The van der Waals surface area contributed by atoms with Crippen molar-refractivity contribution in [3.05, 3.63) is 29.8 Å². The molecule has 96 valence electrons. The molecule has 1 aliphatic heterocycles. The number of nitrogens with zero attached hydrogens (tertiary/aromatic N) is 1. The van der Waals surface area contributed by atoms with Crippen LogP contribution < -0.4 is 5.32 Å². The van der Waals surface area contributed by atoms with Crippen molar-refractivity contribution in [3.63, 3.8) is 0 Å². The van der Waals surface area contributed by atoms with Crippen LogP contribution in [-0.2, 0) is 16.0 Å². The summed E-state index contributed by atoms with van der Waals surface area (Å²) >= 11 is 0. The smallest absolute Gasteiger partial charge is 0.244 e. The van der Waals surface area contributed by atoms with Gasteiger partial charge in [0.2, 0.25) is 11.8 Å². The minimum absolute atomic E-state index is 0.0777. The van der Waals surface area contributed by atoms with Crippen LogP contribution in [0.2, 0.25) is 0 Å². The first-order chi connectivity index (χ1) is 8.70. The molecule has 2 rings (SSSR count). The Hall–Kier alpha value is -1.84. The summed E-state index contributed by atoms with van der Waals surface area (Å²) < 4.78 is 0. The van der Waals surface area contributed by atoms with E-state index in [2.05, 4.69) is 12.2 Å². The van der Waals surface area contributed by atoms with E-state index in [9.17, 15) is 9.59 Å². The van der Waals surface area contributed by atoms with E-state index in [0.29, 0.717) is 13.0 Å². The van der Waals surface area contributed by atoms with Crippen LogP contribution in [0.25, 0.3) is 0 Å². The third kappa shape index (κ3) is 2.88. The first-order valence-electron chi connectivity index (χ1n) is 6.36. The first kappa shape index (κ1) is 12.6. The monoisotopic (exact) mass is 246 g/mol. The molecular formula is C14H18N2O2. The quantitative estimate of drug-likeness (QED) is 0.880. The number of hydrogen-bond donors (Lipinski definition) is 1. The molecule has 1 fully saturated rings. The van der Waals surface area contributed by atoms with Crippen molar-refractivity contribution < 1.29 is 9.59 Å². The number of anilines is 1. The number of nitrogens with one attached hydrogen (secondary N) is 1. The van der Waals surface area contributed by atoms with E-state index >= 15 is 0 Å². The Morgan fingerprint density at radius 1 is 1.39 bits per heavy atom. The molecule has 1 heterocycles. The summed E-state index contributed by atoms with van der Waals surface area (Å²) in [5.74, 6) is -0.0416. The topological polar surface area (TPSA) is 49.4 Å². The molecule has 0 spiro atoms. The van der Waals surface area contributed by atoms with Crippen molar-refractivity contribution in [2.24, 2.45) is 0 Å². The van der Waals surface area contributed by atoms with Gasteiger partial charge in [-0.25, -0.2) is 0 Å². The van der Waals surface area contributed by atoms with Crippen molar-refractivity contribution in [2.45, 2.75) is 26.2 Å². The average Bonchev–Trinajstić information content (AvgIpc) is 2.75. The number of amides is 2. The number of benzene rings is 1. The van der Waals surface area contributed by atoms with Crippen LogP contribution in [0, 0.1) is 0 Å². The molecule has 1 aliphatic rings. The Bertz CT molecular complexity index is 457. The van der Waals surface area contributed by atoms with E-state index in [4.69, 9.17) is 0 Å². The molecule has 18 heavy (non-hydrogen) atoms. The number of likely N-dealkylation sites (tertiary alicyclic amines) is 1. The number of hydrogen-bond acceptors (Lipinski definition) is 2. The lowest BCUT2D eigenvalue weighted by molar-refractivity contribution is -0.131. The molecule has 0 unspecified atom stereocenters. The molecule has 1 aromatic rings. The Morgan fingerprint density at radius 2 is 2.17 bits per heavy atom. The highest BCUT2D eigenvalue weighted by atomic mass is 16.2. The van der Waals surface area contributed by atoms with Crippen LogP contribution >= 0.6 is 0 Å². The first-order valence-corrected chi connectivity index (χ1v) is 6.36. The van der Waals surface area contributed by atoms with Crippen LogP contribution in [0.4, 0.5) is 5.69 Å². The molecule has 0 bridgehead atoms. The van der Waals surface area contributed by atoms with Gasteiger partial charge in [-0.15, -0.1) is 0 Å². The highest BCUT2D eigenvalue weighted by molar-refractivity contribution is 5.95. The lowest BCUT2D eigenvalue weighted by Crippen LogP contribution is -2.34. The Kier molecular flexibility index (Phi) is 3.97.